The van der Waals surface area contributed by atoms with Gasteiger partial charge in [0.15, 0.2) is 11.5 Å². The number of halogens is 2. The van der Waals surface area contributed by atoms with Crippen molar-refractivity contribution < 1.29 is 9.47 Å². The average molecular weight is 392 g/mol. The van der Waals surface area contributed by atoms with E-state index in [1.54, 1.807) is 31.6 Å². The quantitative estimate of drug-likeness (QED) is 0.510. The number of methoxy groups -OCH3 is 2. The van der Waals surface area contributed by atoms with Crippen molar-refractivity contribution >= 4 is 46.7 Å². The highest BCUT2D eigenvalue weighted by Crippen LogP contribution is 2.33. The molecule has 0 saturated heterocycles. The van der Waals surface area contributed by atoms with Gasteiger partial charge < -0.3 is 9.47 Å². The molecule has 0 unspecified atom stereocenters. The van der Waals surface area contributed by atoms with Crippen LogP contribution in [0.2, 0.25) is 10.0 Å². The third-order valence-electron chi connectivity index (χ3n) is 3.59. The molecule has 1 heterocycles. The highest BCUT2D eigenvalue weighted by Gasteiger charge is 2.09. The predicted molar refractivity (Wildman–Crippen MR) is 106 cm³/mol. The van der Waals surface area contributed by atoms with Gasteiger partial charge in [0, 0.05) is 10.9 Å². The summed E-state index contributed by atoms with van der Waals surface area (Å²) in [6.45, 7) is 0. The second-order valence-electron chi connectivity index (χ2n) is 5.12. The van der Waals surface area contributed by atoms with Gasteiger partial charge in [0.25, 0.3) is 0 Å². The average Bonchev–Trinajstić information content (AvgIpc) is 3.11. The Hall–Kier alpha value is -2.01. The van der Waals surface area contributed by atoms with Crippen LogP contribution in [0.15, 0.2) is 41.8 Å². The standard InChI is InChI=1S/C19H15Cl2NO2S/c1-23-16-8-6-13(10-17(16)24-2)15-11-25-18(22-15)9-7-12-4-3-5-14(20)19(12)21/h3-11H,1-2H3/b9-7+. The molecular formula is C19H15Cl2NO2S. The molecule has 6 heteroatoms. The van der Waals surface area contributed by atoms with Gasteiger partial charge in [-0.2, -0.15) is 0 Å². The van der Waals surface area contributed by atoms with E-state index in [1.807, 2.05) is 47.9 Å². The number of thiazole rings is 1. The van der Waals surface area contributed by atoms with Crippen LogP contribution in [0.4, 0.5) is 0 Å². The van der Waals surface area contributed by atoms with Crippen LogP contribution in [0.1, 0.15) is 10.6 Å². The van der Waals surface area contributed by atoms with Gasteiger partial charge in [0.1, 0.15) is 5.01 Å². The summed E-state index contributed by atoms with van der Waals surface area (Å²) in [4.78, 5) is 4.64. The van der Waals surface area contributed by atoms with E-state index in [9.17, 15) is 0 Å². The molecule has 0 aliphatic heterocycles. The molecule has 0 bridgehead atoms. The Morgan fingerprint density at radius 1 is 1.00 bits per heavy atom. The molecule has 25 heavy (non-hydrogen) atoms. The lowest BCUT2D eigenvalue weighted by Gasteiger charge is -2.08. The first-order valence-electron chi connectivity index (χ1n) is 7.42. The van der Waals surface area contributed by atoms with Crippen LogP contribution in [0.25, 0.3) is 23.4 Å². The van der Waals surface area contributed by atoms with Crippen molar-refractivity contribution in [3.8, 4) is 22.8 Å². The molecule has 0 atom stereocenters. The molecule has 1 aromatic heterocycles. The van der Waals surface area contributed by atoms with Gasteiger partial charge >= 0.3 is 0 Å². The molecule has 3 rings (SSSR count). The van der Waals surface area contributed by atoms with Crippen LogP contribution in [-0.4, -0.2) is 19.2 Å². The molecule has 3 aromatic rings. The Labute approximate surface area is 160 Å². The number of hydrogen-bond donors (Lipinski definition) is 0. The first-order valence-corrected chi connectivity index (χ1v) is 9.06. The van der Waals surface area contributed by atoms with Crippen LogP contribution in [0.5, 0.6) is 11.5 Å². The summed E-state index contributed by atoms with van der Waals surface area (Å²) in [5, 5.41) is 3.95. The summed E-state index contributed by atoms with van der Waals surface area (Å²) < 4.78 is 10.6. The fraction of sp³-hybridized carbons (Fsp3) is 0.105. The van der Waals surface area contributed by atoms with Crippen molar-refractivity contribution in [3.63, 3.8) is 0 Å². The molecule has 0 spiro atoms. The summed E-state index contributed by atoms with van der Waals surface area (Å²) in [6, 6.07) is 11.3. The van der Waals surface area contributed by atoms with Crippen LogP contribution in [0, 0.1) is 0 Å². The van der Waals surface area contributed by atoms with Crippen LogP contribution in [0.3, 0.4) is 0 Å². The zero-order valence-corrected chi connectivity index (χ0v) is 16.0. The largest absolute Gasteiger partial charge is 0.493 e. The maximum absolute atomic E-state index is 6.20. The van der Waals surface area contributed by atoms with E-state index < -0.39 is 0 Å². The van der Waals surface area contributed by atoms with Gasteiger partial charge in [0.2, 0.25) is 0 Å². The number of ether oxygens (including phenoxy) is 2. The summed E-state index contributed by atoms with van der Waals surface area (Å²) >= 11 is 13.8. The van der Waals surface area contributed by atoms with Gasteiger partial charge in [-0.1, -0.05) is 41.4 Å². The Bertz CT molecular complexity index is 922. The third kappa shape index (κ3) is 3.98. The molecule has 0 aliphatic carbocycles. The van der Waals surface area contributed by atoms with Crippen molar-refractivity contribution in [2.24, 2.45) is 0 Å². The molecule has 0 amide bonds. The van der Waals surface area contributed by atoms with Gasteiger partial charge in [-0.05, 0) is 35.9 Å². The second-order valence-corrected chi connectivity index (χ2v) is 6.79. The second kappa shape index (κ2) is 7.91. The summed E-state index contributed by atoms with van der Waals surface area (Å²) in [5.74, 6) is 1.37. The lowest BCUT2D eigenvalue weighted by atomic mass is 10.1. The predicted octanol–water partition coefficient (Wildman–Crippen LogP) is 6.30. The number of aromatic nitrogens is 1. The van der Waals surface area contributed by atoms with E-state index in [2.05, 4.69) is 4.98 Å². The van der Waals surface area contributed by atoms with Crippen molar-refractivity contribution in [2.75, 3.05) is 14.2 Å². The molecule has 0 saturated carbocycles. The monoisotopic (exact) mass is 391 g/mol. The first kappa shape index (κ1) is 17.8. The minimum Gasteiger partial charge on any atom is -0.493 e. The Kier molecular flexibility index (Phi) is 5.63. The van der Waals surface area contributed by atoms with Crippen molar-refractivity contribution in [3.05, 3.63) is 62.4 Å². The van der Waals surface area contributed by atoms with E-state index in [4.69, 9.17) is 32.7 Å². The van der Waals surface area contributed by atoms with Gasteiger partial charge in [-0.15, -0.1) is 11.3 Å². The van der Waals surface area contributed by atoms with Crippen LogP contribution >= 0.6 is 34.5 Å². The fourth-order valence-corrected chi connectivity index (χ4v) is 3.39. The maximum Gasteiger partial charge on any atom is 0.161 e. The number of rotatable bonds is 5. The maximum atomic E-state index is 6.20. The lowest BCUT2D eigenvalue weighted by Crippen LogP contribution is -1.90. The molecule has 0 aliphatic rings. The van der Waals surface area contributed by atoms with E-state index >= 15 is 0 Å². The Balaban J connectivity index is 1.85. The molecule has 3 nitrogen and oxygen atoms in total. The fourth-order valence-electron chi connectivity index (χ4n) is 2.30. The minimum absolute atomic E-state index is 0.536. The zero-order valence-electron chi connectivity index (χ0n) is 13.6. The van der Waals surface area contributed by atoms with Gasteiger partial charge in [0.05, 0.1) is 30.0 Å². The first-order chi connectivity index (χ1) is 12.1. The molecule has 2 aromatic carbocycles. The molecule has 0 fully saturated rings. The highest BCUT2D eigenvalue weighted by atomic mass is 35.5. The molecule has 0 N–H and O–H groups in total. The summed E-state index contributed by atoms with van der Waals surface area (Å²) in [7, 11) is 3.23. The number of benzene rings is 2. The van der Waals surface area contributed by atoms with Crippen molar-refractivity contribution in [1.82, 2.24) is 4.98 Å². The van der Waals surface area contributed by atoms with E-state index in [1.165, 1.54) is 0 Å². The normalized spacial score (nSPS) is 11.0. The molecule has 128 valence electrons. The minimum atomic E-state index is 0.536. The SMILES string of the molecule is COc1ccc(-c2csc(/C=C/c3cccc(Cl)c3Cl)n2)cc1OC. The molecular weight excluding hydrogens is 377 g/mol. The van der Waals surface area contributed by atoms with Crippen LogP contribution in [-0.2, 0) is 0 Å². The molecule has 0 radical (unpaired) electrons. The third-order valence-corrected chi connectivity index (χ3v) is 5.23. The van der Waals surface area contributed by atoms with Gasteiger partial charge in [-0.25, -0.2) is 4.98 Å². The van der Waals surface area contributed by atoms with E-state index in [-0.39, 0.29) is 0 Å². The highest BCUT2D eigenvalue weighted by molar-refractivity contribution is 7.10. The summed E-state index contributed by atoms with van der Waals surface area (Å²) in [5.41, 5.74) is 2.70. The summed E-state index contributed by atoms with van der Waals surface area (Å²) in [6.07, 6.45) is 3.83. The zero-order chi connectivity index (χ0) is 17.8. The van der Waals surface area contributed by atoms with E-state index in [0.717, 1.165) is 21.8 Å². The number of nitrogens with zero attached hydrogens (tertiary/aromatic N) is 1. The van der Waals surface area contributed by atoms with E-state index in [0.29, 0.717) is 21.5 Å². The number of hydrogen-bond acceptors (Lipinski definition) is 4. The van der Waals surface area contributed by atoms with Gasteiger partial charge in [-0.3, -0.25) is 0 Å². The lowest BCUT2D eigenvalue weighted by molar-refractivity contribution is 0.355. The smallest absolute Gasteiger partial charge is 0.161 e. The Morgan fingerprint density at radius 3 is 2.56 bits per heavy atom. The topological polar surface area (TPSA) is 31.4 Å². The Morgan fingerprint density at radius 2 is 1.80 bits per heavy atom. The van der Waals surface area contributed by atoms with Crippen LogP contribution < -0.4 is 9.47 Å². The van der Waals surface area contributed by atoms with Crippen molar-refractivity contribution in [1.29, 1.82) is 0 Å². The van der Waals surface area contributed by atoms with Crippen molar-refractivity contribution in [2.45, 2.75) is 0 Å².